The highest BCUT2D eigenvalue weighted by molar-refractivity contribution is 9.10. The molecule has 0 spiro atoms. The van der Waals surface area contributed by atoms with Gasteiger partial charge in [-0.05, 0) is 25.1 Å². The molecule has 1 aromatic carbocycles. The molecule has 114 valence electrons. The zero-order valence-electron chi connectivity index (χ0n) is 11.4. The third-order valence-electron chi connectivity index (χ3n) is 2.75. The molecule has 0 heterocycles. The van der Waals surface area contributed by atoms with Gasteiger partial charge in [0.05, 0.1) is 11.3 Å². The molecular formula is C12H19BrN2O4S. The lowest BCUT2D eigenvalue weighted by molar-refractivity contribution is 0.0292. The number of nitrogens with two attached hydrogens (primary N) is 1. The normalized spacial score (nSPS) is 15.0. The van der Waals surface area contributed by atoms with Crippen LogP contribution in [0.3, 0.4) is 0 Å². The molecule has 0 amide bonds. The molecule has 20 heavy (non-hydrogen) atoms. The van der Waals surface area contributed by atoms with Crippen LogP contribution < -0.4 is 10.5 Å². The summed E-state index contributed by atoms with van der Waals surface area (Å²) in [5.41, 5.74) is 4.63. The maximum Gasteiger partial charge on any atom is 0.242 e. The monoisotopic (exact) mass is 366 g/mol. The predicted octanol–water partition coefficient (Wildman–Crippen LogP) is 1.10. The fourth-order valence-electron chi connectivity index (χ4n) is 1.48. The van der Waals surface area contributed by atoms with Crippen molar-refractivity contribution in [3.63, 3.8) is 0 Å². The van der Waals surface area contributed by atoms with Crippen LogP contribution in [-0.2, 0) is 14.8 Å². The van der Waals surface area contributed by atoms with Crippen molar-refractivity contribution in [2.75, 3.05) is 26.0 Å². The second-order valence-electron chi connectivity index (χ2n) is 4.75. The predicted molar refractivity (Wildman–Crippen MR) is 80.9 cm³/mol. The minimum Gasteiger partial charge on any atom is -0.398 e. The quantitative estimate of drug-likeness (QED) is 0.627. The van der Waals surface area contributed by atoms with Gasteiger partial charge in [-0.1, -0.05) is 15.9 Å². The summed E-state index contributed by atoms with van der Waals surface area (Å²) in [5, 5.41) is 10.0. The Labute approximate surface area is 127 Å². The number of anilines is 1. The van der Waals surface area contributed by atoms with Gasteiger partial charge in [-0.2, -0.15) is 0 Å². The third-order valence-corrected chi connectivity index (χ3v) is 4.70. The highest BCUT2D eigenvalue weighted by Crippen LogP contribution is 2.23. The first kappa shape index (κ1) is 17.4. The van der Waals surface area contributed by atoms with E-state index in [-0.39, 0.29) is 17.1 Å². The van der Waals surface area contributed by atoms with E-state index in [9.17, 15) is 13.5 Å². The van der Waals surface area contributed by atoms with Crippen molar-refractivity contribution < 1.29 is 18.3 Å². The number of hydrogen-bond donors (Lipinski definition) is 3. The number of sulfonamides is 1. The molecule has 0 bridgehead atoms. The van der Waals surface area contributed by atoms with Crippen LogP contribution in [-0.4, -0.2) is 39.4 Å². The van der Waals surface area contributed by atoms with Crippen molar-refractivity contribution in [3.8, 4) is 0 Å². The Morgan fingerprint density at radius 3 is 2.75 bits per heavy atom. The zero-order valence-corrected chi connectivity index (χ0v) is 13.8. The van der Waals surface area contributed by atoms with Gasteiger partial charge >= 0.3 is 0 Å². The van der Waals surface area contributed by atoms with Gasteiger partial charge in [0, 0.05) is 31.2 Å². The molecule has 0 aliphatic heterocycles. The van der Waals surface area contributed by atoms with Crippen molar-refractivity contribution in [3.05, 3.63) is 22.7 Å². The summed E-state index contributed by atoms with van der Waals surface area (Å²) >= 11 is 3.20. The minimum atomic E-state index is -3.78. The fourth-order valence-corrected chi connectivity index (χ4v) is 3.31. The second kappa shape index (κ2) is 6.86. The molecule has 1 unspecified atom stereocenters. The van der Waals surface area contributed by atoms with Crippen molar-refractivity contribution in [2.45, 2.75) is 23.8 Å². The van der Waals surface area contributed by atoms with Crippen LogP contribution in [0, 0.1) is 0 Å². The van der Waals surface area contributed by atoms with Crippen molar-refractivity contribution >= 4 is 31.6 Å². The first-order valence-corrected chi connectivity index (χ1v) is 8.21. The summed E-state index contributed by atoms with van der Waals surface area (Å²) in [4.78, 5) is -0.0191. The Morgan fingerprint density at radius 1 is 1.50 bits per heavy atom. The van der Waals surface area contributed by atoms with Gasteiger partial charge in [0.15, 0.2) is 0 Å². The molecule has 1 aromatic rings. The summed E-state index contributed by atoms with van der Waals surface area (Å²) < 4.78 is 32.2. The van der Waals surface area contributed by atoms with E-state index in [0.717, 1.165) is 0 Å². The van der Waals surface area contributed by atoms with Crippen molar-refractivity contribution in [1.82, 2.24) is 4.72 Å². The molecule has 4 N–H and O–H groups in total. The van der Waals surface area contributed by atoms with Gasteiger partial charge in [-0.15, -0.1) is 0 Å². The Morgan fingerprint density at radius 2 is 2.15 bits per heavy atom. The van der Waals surface area contributed by atoms with Crippen LogP contribution >= 0.6 is 15.9 Å². The molecule has 1 rings (SSSR count). The molecule has 0 saturated heterocycles. The number of nitrogens with one attached hydrogen (secondary N) is 1. The van der Waals surface area contributed by atoms with E-state index in [1.165, 1.54) is 19.2 Å². The lowest BCUT2D eigenvalue weighted by atomic mass is 10.0. The lowest BCUT2D eigenvalue weighted by Crippen LogP contribution is -2.41. The fraction of sp³-hybridized carbons (Fsp3) is 0.500. The average molecular weight is 367 g/mol. The number of hydrogen-bond acceptors (Lipinski definition) is 5. The van der Waals surface area contributed by atoms with Crippen LogP contribution in [0.2, 0.25) is 0 Å². The molecule has 0 aromatic heterocycles. The van der Waals surface area contributed by atoms with Crippen LogP contribution in [0.4, 0.5) is 5.69 Å². The molecular weight excluding hydrogens is 348 g/mol. The Kier molecular flexibility index (Phi) is 5.96. The van der Waals surface area contributed by atoms with Crippen LogP contribution in [0.5, 0.6) is 0 Å². The van der Waals surface area contributed by atoms with E-state index in [2.05, 4.69) is 20.7 Å². The van der Waals surface area contributed by atoms with Crippen molar-refractivity contribution in [1.29, 1.82) is 0 Å². The molecule has 0 aliphatic rings. The molecule has 1 atom stereocenters. The molecule has 0 fully saturated rings. The van der Waals surface area contributed by atoms with E-state index in [4.69, 9.17) is 10.5 Å². The van der Waals surface area contributed by atoms with E-state index >= 15 is 0 Å². The SMILES string of the molecule is COCCC(C)(O)CNS(=O)(=O)c1cc(Br)ccc1N. The molecule has 6 nitrogen and oxygen atoms in total. The number of nitrogen functional groups attached to an aromatic ring is 1. The summed E-state index contributed by atoms with van der Waals surface area (Å²) in [7, 11) is -2.26. The number of benzene rings is 1. The third kappa shape index (κ3) is 5.02. The standard InChI is InChI=1S/C12H19BrN2O4S/c1-12(16,5-6-19-2)8-15-20(17,18)11-7-9(13)3-4-10(11)14/h3-4,7,15-16H,5-6,8,14H2,1-2H3. The summed E-state index contributed by atoms with van der Waals surface area (Å²) in [6, 6.07) is 4.58. The lowest BCUT2D eigenvalue weighted by Gasteiger charge is -2.23. The van der Waals surface area contributed by atoms with Crippen LogP contribution in [0.1, 0.15) is 13.3 Å². The molecule has 0 radical (unpaired) electrons. The van der Waals surface area contributed by atoms with E-state index < -0.39 is 15.6 Å². The van der Waals surface area contributed by atoms with Gasteiger partial charge in [0.1, 0.15) is 4.90 Å². The minimum absolute atomic E-state index is 0.0191. The first-order valence-electron chi connectivity index (χ1n) is 5.94. The van der Waals surface area contributed by atoms with Gasteiger partial charge < -0.3 is 15.6 Å². The van der Waals surface area contributed by atoms with Crippen LogP contribution in [0.15, 0.2) is 27.6 Å². The maximum absolute atomic E-state index is 12.2. The smallest absolute Gasteiger partial charge is 0.242 e. The summed E-state index contributed by atoms with van der Waals surface area (Å²) in [5.74, 6) is 0. The topological polar surface area (TPSA) is 102 Å². The average Bonchev–Trinajstić information content (AvgIpc) is 2.37. The van der Waals surface area contributed by atoms with Crippen molar-refractivity contribution in [2.24, 2.45) is 0 Å². The van der Waals surface area contributed by atoms with Gasteiger partial charge in [-0.3, -0.25) is 0 Å². The summed E-state index contributed by atoms with van der Waals surface area (Å²) in [6.45, 7) is 1.76. The second-order valence-corrected chi connectivity index (χ2v) is 7.40. The van der Waals surface area contributed by atoms with Gasteiger partial charge in [0.25, 0.3) is 0 Å². The van der Waals surface area contributed by atoms with Crippen LogP contribution in [0.25, 0.3) is 0 Å². The number of rotatable bonds is 7. The Balaban J connectivity index is 2.83. The van der Waals surface area contributed by atoms with E-state index in [1.807, 2.05) is 0 Å². The van der Waals surface area contributed by atoms with Gasteiger partial charge in [0.2, 0.25) is 10.0 Å². The molecule has 0 saturated carbocycles. The molecule has 0 aliphatic carbocycles. The Bertz CT molecular complexity index is 561. The largest absolute Gasteiger partial charge is 0.398 e. The maximum atomic E-state index is 12.2. The molecule has 8 heteroatoms. The summed E-state index contributed by atoms with van der Waals surface area (Å²) in [6.07, 6.45) is 0.319. The number of ether oxygens (including phenoxy) is 1. The van der Waals surface area contributed by atoms with E-state index in [0.29, 0.717) is 17.5 Å². The number of methoxy groups -OCH3 is 1. The Hall–Kier alpha value is -0.670. The zero-order chi connectivity index (χ0) is 15.4. The number of halogens is 1. The highest BCUT2D eigenvalue weighted by atomic mass is 79.9. The van der Waals surface area contributed by atoms with E-state index in [1.54, 1.807) is 13.0 Å². The van der Waals surface area contributed by atoms with Gasteiger partial charge in [-0.25, -0.2) is 13.1 Å². The highest BCUT2D eigenvalue weighted by Gasteiger charge is 2.25. The number of aliphatic hydroxyl groups is 1. The first-order chi connectivity index (χ1) is 9.18.